The summed E-state index contributed by atoms with van der Waals surface area (Å²) in [4.78, 5) is 94.5. The molecule has 0 aliphatic heterocycles. The summed E-state index contributed by atoms with van der Waals surface area (Å²) in [7, 11) is 0. The number of pyridine rings is 4. The van der Waals surface area contributed by atoms with Crippen LogP contribution in [0.4, 0.5) is 23.3 Å². The molecule has 0 saturated heterocycles. The Morgan fingerprint density at radius 2 is 0.496 bits per heavy atom. The maximum absolute atomic E-state index is 13.9. The number of anilines is 4. The van der Waals surface area contributed by atoms with Crippen LogP contribution in [0.2, 0.25) is 0 Å². The molecule has 4 aromatic carbocycles. The van der Waals surface area contributed by atoms with Gasteiger partial charge in [-0.05, 0) is 107 Å². The van der Waals surface area contributed by atoms with E-state index < -0.39 is 77.9 Å². The molecule has 125 heavy (non-hydrogen) atoms. The van der Waals surface area contributed by atoms with E-state index in [1.54, 1.807) is 55.4 Å². The summed E-state index contributed by atoms with van der Waals surface area (Å²) in [6, 6.07) is 29.8. The van der Waals surface area contributed by atoms with Crippen molar-refractivity contribution in [1.82, 2.24) is 58.1 Å². The number of imidazole rings is 4. The van der Waals surface area contributed by atoms with Crippen molar-refractivity contribution in [3.63, 3.8) is 0 Å². The van der Waals surface area contributed by atoms with Crippen molar-refractivity contribution >= 4 is 135 Å². The van der Waals surface area contributed by atoms with Crippen molar-refractivity contribution in [2.45, 2.75) is 158 Å². The number of fused-ring (bicyclic) bond motifs is 12. The second-order valence-corrected chi connectivity index (χ2v) is 33.1. The van der Waals surface area contributed by atoms with E-state index in [0.717, 1.165) is 21.5 Å². The first-order chi connectivity index (χ1) is 59.9. The summed E-state index contributed by atoms with van der Waals surface area (Å²) < 4.78 is 80.3. The van der Waals surface area contributed by atoms with E-state index in [4.69, 9.17) is 96.7 Å². The summed E-state index contributed by atoms with van der Waals surface area (Å²) in [5.74, 6) is 0.819. The zero-order chi connectivity index (χ0) is 89.1. The average Bonchev–Trinajstić information content (AvgIpc) is 1.63. The number of amides is 4. The topological polar surface area (TPSA) is 431 Å². The lowest BCUT2D eigenvalue weighted by Crippen LogP contribution is -2.43. The lowest BCUT2D eigenvalue weighted by molar-refractivity contribution is -0.129. The zero-order valence-electron chi connectivity index (χ0n) is 73.2. The van der Waals surface area contributed by atoms with E-state index >= 15 is 0 Å². The molecule has 0 atom stereocenters. The van der Waals surface area contributed by atoms with Crippen molar-refractivity contribution in [1.29, 1.82) is 0 Å². The molecular formula is C89H116N16O20. The fourth-order valence-corrected chi connectivity index (χ4v) is 14.5. The molecule has 0 aliphatic carbocycles. The van der Waals surface area contributed by atoms with E-state index in [9.17, 15) is 39.6 Å². The number of carbonyl (C=O) groups excluding carboxylic acids is 4. The highest BCUT2D eigenvalue weighted by molar-refractivity contribution is 6.13. The van der Waals surface area contributed by atoms with Crippen molar-refractivity contribution in [3.05, 3.63) is 120 Å². The Bertz CT molecular complexity index is 5010. The minimum atomic E-state index is -1.17. The molecule has 12 aromatic rings. The molecule has 672 valence electrons. The molecule has 0 fully saturated rings. The van der Waals surface area contributed by atoms with Gasteiger partial charge >= 0.3 is 0 Å². The van der Waals surface area contributed by atoms with Gasteiger partial charge in [-0.1, -0.05) is 72.8 Å². The first-order valence-corrected chi connectivity index (χ1v) is 42.1. The molecule has 36 nitrogen and oxygen atoms in total. The Labute approximate surface area is 723 Å². The lowest BCUT2D eigenvalue weighted by atomic mass is 9.92. The second-order valence-electron chi connectivity index (χ2n) is 33.1. The summed E-state index contributed by atoms with van der Waals surface area (Å²) >= 11 is 0. The Morgan fingerprint density at radius 1 is 0.296 bits per heavy atom. The van der Waals surface area contributed by atoms with Gasteiger partial charge in [-0.15, -0.1) is 0 Å². The number of benzene rings is 4. The molecule has 0 spiro atoms. The van der Waals surface area contributed by atoms with Crippen LogP contribution in [0, 0.1) is 5.41 Å². The lowest BCUT2D eigenvalue weighted by Gasteiger charge is -2.33. The minimum absolute atomic E-state index is 0.0477. The van der Waals surface area contributed by atoms with Crippen LogP contribution in [0.5, 0.6) is 0 Å². The van der Waals surface area contributed by atoms with Crippen molar-refractivity contribution in [2.24, 2.45) is 5.41 Å². The van der Waals surface area contributed by atoms with Crippen LogP contribution in [0.1, 0.15) is 106 Å². The third-order valence-corrected chi connectivity index (χ3v) is 19.7. The van der Waals surface area contributed by atoms with E-state index in [0.29, 0.717) is 116 Å². The van der Waals surface area contributed by atoms with Crippen molar-refractivity contribution in [2.75, 3.05) is 153 Å². The zero-order valence-corrected chi connectivity index (χ0v) is 73.2. The maximum atomic E-state index is 13.9. The average molecular weight is 1730 g/mol. The maximum Gasteiger partial charge on any atom is 0.251 e. The number of hydrogen-bond acceptors (Lipinski definition) is 28. The van der Waals surface area contributed by atoms with Gasteiger partial charge in [-0.25, -0.2) is 39.9 Å². The number of aromatic nitrogens is 12. The highest BCUT2D eigenvalue weighted by Crippen LogP contribution is 2.37. The van der Waals surface area contributed by atoms with Gasteiger partial charge in [-0.2, -0.15) is 0 Å². The van der Waals surface area contributed by atoms with E-state index in [2.05, 4.69) is 21.3 Å². The molecule has 0 unspecified atom stereocenters. The van der Waals surface area contributed by atoms with Gasteiger partial charge in [-0.3, -0.25) is 19.2 Å². The van der Waals surface area contributed by atoms with E-state index in [-0.39, 0.29) is 155 Å². The Balaban J connectivity index is 0.752. The molecule has 8 aromatic heterocycles. The number of nitrogens with one attached hydrogen (secondary N) is 4. The van der Waals surface area contributed by atoms with Crippen molar-refractivity contribution in [3.8, 4) is 0 Å². The summed E-state index contributed by atoms with van der Waals surface area (Å²) in [6.07, 6.45) is 0. The van der Waals surface area contributed by atoms with Crippen LogP contribution < -0.4 is 21.3 Å². The summed E-state index contributed by atoms with van der Waals surface area (Å²) in [5.41, 5.74) is 0.882. The molecule has 8 heterocycles. The van der Waals surface area contributed by atoms with Gasteiger partial charge in [0.05, 0.1) is 177 Å². The number of hydrogen-bond donors (Lipinski definition) is 8. The third-order valence-electron chi connectivity index (χ3n) is 19.7. The fourth-order valence-electron chi connectivity index (χ4n) is 14.5. The summed E-state index contributed by atoms with van der Waals surface area (Å²) in [5, 5.41) is 59.0. The highest BCUT2D eigenvalue weighted by atomic mass is 16.6. The molecular weight excluding hydrogens is 1610 g/mol. The molecule has 4 amide bonds. The number of para-hydroxylation sites is 4. The van der Waals surface area contributed by atoms with Crippen LogP contribution in [0.25, 0.3) is 87.7 Å². The second kappa shape index (κ2) is 42.8. The first-order valence-electron chi connectivity index (χ1n) is 42.1. The van der Waals surface area contributed by atoms with Gasteiger partial charge < -0.3 is 117 Å². The van der Waals surface area contributed by atoms with Crippen LogP contribution >= 0.6 is 0 Å². The Morgan fingerprint density at radius 3 is 0.696 bits per heavy atom. The van der Waals surface area contributed by atoms with Crippen LogP contribution in [-0.2, 0) is 129 Å². The normalized spacial score (nSPS) is 12.6. The van der Waals surface area contributed by atoms with E-state index in [1.165, 1.54) is 0 Å². The Kier molecular flexibility index (Phi) is 32.1. The largest absolute Gasteiger partial charge is 0.389 e. The van der Waals surface area contributed by atoms with Gasteiger partial charge in [0.15, 0.2) is 23.3 Å². The van der Waals surface area contributed by atoms with Gasteiger partial charge in [0, 0.05) is 48.0 Å². The molecule has 0 bridgehead atoms. The highest BCUT2D eigenvalue weighted by Gasteiger charge is 2.35. The predicted molar refractivity (Wildman–Crippen MR) is 470 cm³/mol. The molecule has 0 aliphatic rings. The number of rotatable bonds is 52. The summed E-state index contributed by atoms with van der Waals surface area (Å²) in [6.45, 7) is 21.6. The third kappa shape index (κ3) is 25.1. The van der Waals surface area contributed by atoms with Crippen molar-refractivity contribution < 1.29 is 96.4 Å². The van der Waals surface area contributed by atoms with Crippen LogP contribution in [0.3, 0.4) is 0 Å². The number of carbonyl (C=O) groups is 4. The fraction of sp³-hybridized carbons (Fsp3) is 0.506. The Hall–Kier alpha value is -10.4. The molecule has 0 saturated carbocycles. The molecule has 12 rings (SSSR count). The SMILES string of the molecule is CCOCc1nc2c(NC(=O)COCCOCC(COCCOCC(=O)Nc3nc4ccccc4c4c3nc(COCC)n4CC(C)(C)O)(COCCOCC(=O)Nc3nc4ccccc4c4c3nc(COCC)n4CC(C)(C)O)COCCOCC(=O)Nc3nc4ccccc4c4c3nc(COCC)n4CC(C)(C)O)nc3ccccc3c2n1CC(C)(C)O. The standard InChI is InChI=1S/C89H116N16O20/c1-13-114-41-65-94-73-77(102(65)49-85(5,6)110)57-25-17-21-29-61(57)90-81(73)98-69(106)45-118-33-37-122-53-89(54-123-38-34-119-46-70(107)99-82-74-78(58-26-18-22-30-62(58)91-82)103(50-86(7,8)111)66(95-74)42-115-14-2,55-124-39-35-120-47-71(108)100-83-75-79(59-27-19-23-31-63(59)92-83)104(51-87(9,10)112)67(96-75)43-116-15-3)56-125-40-36-121-48-72(109)101-84-76-80(60-28-20-24-32-64(60)93-84)105(52-88(11,12)113)68(97-76)44-117-16-4/h17-32,110-113H,13-16,33-56H2,1-12H3,(H,90,98,106)(H,91,99,107)(H,92,100,108)(H,93,101,109). The van der Waals surface area contributed by atoms with Crippen LogP contribution in [0.15, 0.2) is 97.1 Å². The molecule has 0 radical (unpaired) electrons. The first kappa shape index (κ1) is 93.8. The molecule has 8 N–H and O–H groups in total. The van der Waals surface area contributed by atoms with Gasteiger partial charge in [0.2, 0.25) is 0 Å². The monoisotopic (exact) mass is 1730 g/mol. The predicted octanol–water partition coefficient (Wildman–Crippen LogP) is 9.48. The quantitative estimate of drug-likeness (QED) is 0.0164. The van der Waals surface area contributed by atoms with Gasteiger partial charge in [0.25, 0.3) is 23.6 Å². The number of aliphatic hydroxyl groups is 4. The molecule has 36 heteroatoms. The number of ether oxygens (including phenoxy) is 12. The smallest absolute Gasteiger partial charge is 0.251 e. The van der Waals surface area contributed by atoms with Gasteiger partial charge in [0.1, 0.15) is 98.2 Å². The van der Waals surface area contributed by atoms with E-state index in [1.807, 2.05) is 143 Å². The minimum Gasteiger partial charge on any atom is -0.389 e. The van der Waals surface area contributed by atoms with Crippen LogP contribution in [-0.4, -0.2) is 257 Å². The number of nitrogens with zero attached hydrogens (tertiary/aromatic N) is 12.